The number of halogens is 1. The van der Waals surface area contributed by atoms with E-state index in [1.54, 1.807) is 0 Å². The van der Waals surface area contributed by atoms with Crippen LogP contribution in [0.15, 0.2) is 85.2 Å². The van der Waals surface area contributed by atoms with Gasteiger partial charge in [0.15, 0.2) is 12.7 Å². The molecule has 0 spiro atoms. The number of aromatic nitrogens is 1. The summed E-state index contributed by atoms with van der Waals surface area (Å²) in [7, 11) is 0. The fourth-order valence-electron chi connectivity index (χ4n) is 4.17. The molecule has 34 heavy (non-hydrogen) atoms. The van der Waals surface area contributed by atoms with Gasteiger partial charge in [-0.2, -0.15) is 4.57 Å². The number of anilines is 1. The van der Waals surface area contributed by atoms with Crippen molar-refractivity contribution in [1.82, 2.24) is 0 Å². The van der Waals surface area contributed by atoms with Crippen molar-refractivity contribution in [3.05, 3.63) is 96.3 Å². The predicted octanol–water partition coefficient (Wildman–Crippen LogP) is 2.63. The number of hydrogen-bond acceptors (Lipinski definition) is 3. The van der Waals surface area contributed by atoms with Gasteiger partial charge in [0, 0.05) is 49.3 Å². The molecule has 5 heteroatoms. The molecule has 2 heterocycles. The van der Waals surface area contributed by atoms with Crippen molar-refractivity contribution in [2.75, 3.05) is 37.9 Å². The fraction of sp³-hybridized carbons (Fsp3) is 0.276. The average Bonchev–Trinajstić information content (AvgIpc) is 2.86. The summed E-state index contributed by atoms with van der Waals surface area (Å²) in [4.78, 5) is 2.26. The van der Waals surface area contributed by atoms with Crippen molar-refractivity contribution in [2.45, 2.75) is 20.4 Å². The molecule has 3 aromatic rings. The lowest BCUT2D eigenvalue weighted by Gasteiger charge is -2.27. The molecule has 0 N–H and O–H groups in total. The number of allylic oxidation sites excluding steroid dienone is 4. The summed E-state index contributed by atoms with van der Waals surface area (Å²) in [5, 5.41) is 1.24. The highest BCUT2D eigenvalue weighted by atomic mass is 35.5. The number of benzene rings is 2. The van der Waals surface area contributed by atoms with Crippen LogP contribution in [0.4, 0.5) is 5.69 Å². The Morgan fingerprint density at radius 3 is 2.53 bits per heavy atom. The van der Waals surface area contributed by atoms with E-state index in [0.717, 1.165) is 39.5 Å². The van der Waals surface area contributed by atoms with Crippen molar-refractivity contribution in [3.8, 4) is 0 Å². The normalized spacial score (nSPS) is 14.1. The first-order valence-corrected chi connectivity index (χ1v) is 11.8. The second-order valence-corrected chi connectivity index (χ2v) is 7.88. The van der Waals surface area contributed by atoms with Crippen molar-refractivity contribution < 1.29 is 26.4 Å². The zero-order valence-electron chi connectivity index (χ0n) is 20.0. The van der Waals surface area contributed by atoms with Gasteiger partial charge in [0.05, 0.1) is 12.0 Å². The van der Waals surface area contributed by atoms with E-state index < -0.39 is 0 Å². The molecular weight excluding hydrogens is 444 g/mol. The van der Waals surface area contributed by atoms with E-state index in [-0.39, 0.29) is 12.4 Å². The number of ether oxygens (including phenoxy) is 2. The van der Waals surface area contributed by atoms with E-state index in [4.69, 9.17) is 9.47 Å². The monoisotopic (exact) mass is 476 g/mol. The van der Waals surface area contributed by atoms with Crippen LogP contribution >= 0.6 is 0 Å². The van der Waals surface area contributed by atoms with Gasteiger partial charge in [0.2, 0.25) is 5.52 Å². The van der Waals surface area contributed by atoms with Crippen LogP contribution in [0.1, 0.15) is 25.0 Å². The number of para-hydroxylation sites is 2. The predicted molar refractivity (Wildman–Crippen MR) is 137 cm³/mol. The Morgan fingerprint density at radius 2 is 1.68 bits per heavy atom. The minimum Gasteiger partial charge on any atom is -1.00 e. The molecule has 0 aliphatic carbocycles. The highest BCUT2D eigenvalue weighted by Gasteiger charge is 2.15. The zero-order valence-corrected chi connectivity index (χ0v) is 20.7. The summed E-state index contributed by atoms with van der Waals surface area (Å²) in [6.07, 6.45) is 13.0. The van der Waals surface area contributed by atoms with Crippen LogP contribution in [0.3, 0.4) is 0 Å². The summed E-state index contributed by atoms with van der Waals surface area (Å²) in [6, 6.07) is 19.3. The van der Waals surface area contributed by atoms with Crippen LogP contribution in [0.25, 0.3) is 22.6 Å². The summed E-state index contributed by atoms with van der Waals surface area (Å²) < 4.78 is 13.4. The van der Waals surface area contributed by atoms with Crippen molar-refractivity contribution in [3.63, 3.8) is 0 Å². The van der Waals surface area contributed by atoms with Gasteiger partial charge in [-0.1, -0.05) is 48.6 Å². The van der Waals surface area contributed by atoms with E-state index >= 15 is 0 Å². The molecule has 1 aliphatic heterocycles. The average molecular weight is 477 g/mol. The number of fused-ring (bicyclic) bond motifs is 2. The topological polar surface area (TPSA) is 25.6 Å². The molecule has 0 fully saturated rings. The van der Waals surface area contributed by atoms with E-state index in [0.29, 0.717) is 0 Å². The molecule has 1 aromatic heterocycles. The van der Waals surface area contributed by atoms with E-state index in [2.05, 4.69) is 101 Å². The van der Waals surface area contributed by atoms with Crippen LogP contribution < -0.4 is 21.9 Å². The molecule has 4 rings (SSSR count). The minimum absolute atomic E-state index is 0. The molecule has 0 unspecified atom stereocenters. The van der Waals surface area contributed by atoms with Gasteiger partial charge < -0.3 is 26.8 Å². The van der Waals surface area contributed by atoms with E-state index in [9.17, 15) is 0 Å². The third-order valence-electron chi connectivity index (χ3n) is 5.83. The third kappa shape index (κ3) is 6.15. The van der Waals surface area contributed by atoms with Crippen LogP contribution in [0.2, 0.25) is 0 Å². The van der Waals surface area contributed by atoms with Gasteiger partial charge in [0.25, 0.3) is 0 Å². The lowest BCUT2D eigenvalue weighted by atomic mass is 9.99. The van der Waals surface area contributed by atoms with Gasteiger partial charge in [-0.25, -0.2) is 0 Å². The molecule has 0 saturated carbocycles. The van der Waals surface area contributed by atoms with Gasteiger partial charge in [-0.05, 0) is 43.2 Å². The summed E-state index contributed by atoms with van der Waals surface area (Å²) in [6.45, 7) is 8.70. The quantitative estimate of drug-likeness (QED) is 0.332. The van der Waals surface area contributed by atoms with E-state index in [1.165, 1.54) is 33.3 Å². The van der Waals surface area contributed by atoms with Gasteiger partial charge in [-0.15, -0.1) is 0 Å². The Labute approximate surface area is 209 Å². The molecule has 178 valence electrons. The molecule has 0 bridgehead atoms. The second-order valence-electron chi connectivity index (χ2n) is 7.88. The molecule has 0 atom stereocenters. The number of pyridine rings is 1. The Balaban J connectivity index is 0.00000324. The maximum Gasteiger partial charge on any atom is 0.213 e. The fourth-order valence-corrected chi connectivity index (χ4v) is 4.17. The van der Waals surface area contributed by atoms with Crippen LogP contribution in [0, 0.1) is 0 Å². The Kier molecular flexibility index (Phi) is 9.89. The first-order valence-electron chi connectivity index (χ1n) is 11.8. The molecular formula is C29H33ClN2O2. The number of nitrogens with zero attached hydrogens (tertiary/aromatic N) is 2. The first-order chi connectivity index (χ1) is 16.3. The van der Waals surface area contributed by atoms with Gasteiger partial charge in [-0.3, -0.25) is 0 Å². The van der Waals surface area contributed by atoms with Crippen LogP contribution in [-0.4, -0.2) is 33.0 Å². The number of hydrogen-bond donors (Lipinski definition) is 0. The highest BCUT2D eigenvalue weighted by Crippen LogP contribution is 2.32. The second kappa shape index (κ2) is 13.1. The van der Waals surface area contributed by atoms with Gasteiger partial charge >= 0.3 is 0 Å². The Morgan fingerprint density at radius 1 is 0.912 bits per heavy atom. The van der Waals surface area contributed by atoms with Crippen LogP contribution in [-0.2, 0) is 16.0 Å². The Hall–Kier alpha value is -2.92. The molecule has 4 nitrogen and oxygen atoms in total. The highest BCUT2D eigenvalue weighted by molar-refractivity contribution is 5.89. The molecule has 0 saturated heterocycles. The smallest absolute Gasteiger partial charge is 0.213 e. The largest absolute Gasteiger partial charge is 1.00 e. The SMILES string of the molecule is CCOCCN1C=C/C(=C/C=C/c2cc[n+](CCOCC)c3ccccc23)c2ccccc21.[Cl-]. The molecule has 1 aliphatic rings. The summed E-state index contributed by atoms with van der Waals surface area (Å²) >= 11 is 0. The number of rotatable bonds is 10. The summed E-state index contributed by atoms with van der Waals surface area (Å²) in [5.41, 5.74) is 6.11. The maximum absolute atomic E-state index is 5.55. The van der Waals surface area contributed by atoms with Crippen molar-refractivity contribution in [2.24, 2.45) is 0 Å². The summed E-state index contributed by atoms with van der Waals surface area (Å²) in [5.74, 6) is 0. The van der Waals surface area contributed by atoms with Crippen molar-refractivity contribution >= 4 is 28.2 Å². The standard InChI is InChI=1S/C29H33N2O2.ClH/c1-3-32-22-20-30-18-16-24(26-12-5-7-14-28(26)30)10-9-11-25-17-19-31(21-23-33-4-2)29-15-8-6-13-27(25)29;/h5-19H,3-4,20-23H2,1-2H3;1H/q+1;/p-1. The minimum atomic E-state index is 0. The zero-order chi connectivity index (χ0) is 22.9. The third-order valence-corrected chi connectivity index (χ3v) is 5.83. The van der Waals surface area contributed by atoms with Gasteiger partial charge in [0.1, 0.15) is 6.61 Å². The van der Waals surface area contributed by atoms with Crippen molar-refractivity contribution in [1.29, 1.82) is 0 Å². The Bertz CT molecular complexity index is 1170. The maximum atomic E-state index is 5.55. The van der Waals surface area contributed by atoms with Crippen LogP contribution in [0.5, 0.6) is 0 Å². The molecule has 0 amide bonds. The molecule has 2 aromatic carbocycles. The molecule has 0 radical (unpaired) electrons. The van der Waals surface area contributed by atoms with E-state index in [1.807, 2.05) is 13.8 Å². The first kappa shape index (κ1) is 25.7. The lowest BCUT2D eigenvalue weighted by molar-refractivity contribution is -0.673. The lowest BCUT2D eigenvalue weighted by Crippen LogP contribution is -3.00.